The molecule has 1 aromatic heterocycles. The molecule has 0 unspecified atom stereocenters. The minimum Gasteiger partial charge on any atom is -0.466 e. The van der Waals surface area contributed by atoms with Crippen LogP contribution < -0.4 is 5.32 Å². The van der Waals surface area contributed by atoms with Gasteiger partial charge in [0.25, 0.3) is 0 Å². The van der Waals surface area contributed by atoms with Gasteiger partial charge in [-0.05, 0) is 60.9 Å². The summed E-state index contributed by atoms with van der Waals surface area (Å²) < 4.78 is 12.7. The number of methoxy groups -OCH3 is 1. The number of ether oxygens (including phenoxy) is 2. The summed E-state index contributed by atoms with van der Waals surface area (Å²) in [5.41, 5.74) is 9.11. The molecule has 0 spiro atoms. The van der Waals surface area contributed by atoms with Gasteiger partial charge in [0.15, 0.2) is 5.78 Å². The number of ketones is 1. The molecule has 0 radical (unpaired) electrons. The number of carbonyl (C=O) groups excluding carboxylic acids is 3. The molecule has 0 saturated heterocycles. The zero-order chi connectivity index (χ0) is 32.7. The first kappa shape index (κ1) is 29.7. The fourth-order valence-corrected chi connectivity index (χ4v) is 6.71. The van der Waals surface area contributed by atoms with Crippen LogP contribution in [0.5, 0.6) is 0 Å². The summed E-state index contributed by atoms with van der Waals surface area (Å²) in [6, 6.07) is 36.8. The van der Waals surface area contributed by atoms with Crippen LogP contribution in [0.1, 0.15) is 51.6 Å². The molecule has 232 valence electrons. The molecule has 2 heterocycles. The smallest absolute Gasteiger partial charge is 0.338 e. The Morgan fingerprint density at radius 3 is 2.04 bits per heavy atom. The van der Waals surface area contributed by atoms with Crippen molar-refractivity contribution in [2.45, 2.75) is 19.8 Å². The van der Waals surface area contributed by atoms with E-state index in [1.54, 1.807) is 19.1 Å². The van der Waals surface area contributed by atoms with Gasteiger partial charge in [0.1, 0.15) is 0 Å². The highest BCUT2D eigenvalue weighted by molar-refractivity contribution is 6.23. The van der Waals surface area contributed by atoms with E-state index < -0.39 is 17.9 Å². The lowest BCUT2D eigenvalue weighted by atomic mass is 9.79. The third kappa shape index (κ3) is 4.97. The molecule has 2 aliphatic rings. The van der Waals surface area contributed by atoms with Crippen LogP contribution >= 0.6 is 0 Å². The highest BCUT2D eigenvalue weighted by Crippen LogP contribution is 2.51. The van der Waals surface area contributed by atoms with E-state index in [0.717, 1.165) is 39.3 Å². The second-order valence-corrected chi connectivity index (χ2v) is 11.4. The number of benzene rings is 4. The fourth-order valence-electron chi connectivity index (χ4n) is 6.71. The summed E-state index contributed by atoms with van der Waals surface area (Å²) in [6.07, 6.45) is 0. The maximum atomic E-state index is 14.3. The number of Topliss-reactive ketones (excluding diaryl/α,β-unsaturated/α-hetero) is 1. The Labute approximate surface area is 272 Å². The molecular weight excluding hydrogens is 588 g/mol. The minimum absolute atomic E-state index is 0.131. The molecule has 47 heavy (non-hydrogen) atoms. The highest BCUT2D eigenvalue weighted by atomic mass is 16.5. The van der Waals surface area contributed by atoms with Gasteiger partial charge in [-0.25, -0.2) is 9.59 Å². The summed E-state index contributed by atoms with van der Waals surface area (Å²) in [6.45, 7) is 3.91. The van der Waals surface area contributed by atoms with Crippen LogP contribution in [0.4, 0.5) is 0 Å². The Morgan fingerprint density at radius 2 is 1.40 bits per heavy atom. The maximum Gasteiger partial charge on any atom is 0.338 e. The van der Waals surface area contributed by atoms with Crippen LogP contribution in [0.15, 0.2) is 132 Å². The Morgan fingerprint density at radius 1 is 0.787 bits per heavy atom. The van der Waals surface area contributed by atoms with Gasteiger partial charge in [0.05, 0.1) is 47.9 Å². The monoisotopic (exact) mass is 620 g/mol. The molecule has 0 fully saturated rings. The highest BCUT2D eigenvalue weighted by Gasteiger charge is 2.44. The van der Waals surface area contributed by atoms with Crippen molar-refractivity contribution < 1.29 is 23.9 Å². The van der Waals surface area contributed by atoms with E-state index in [2.05, 4.69) is 16.0 Å². The number of nitrogens with one attached hydrogen (secondary N) is 1. The number of carbonyl (C=O) groups is 3. The van der Waals surface area contributed by atoms with Crippen LogP contribution in [0, 0.1) is 0 Å². The van der Waals surface area contributed by atoms with Crippen LogP contribution in [-0.4, -0.2) is 36.0 Å². The molecule has 1 aliphatic heterocycles. The Kier molecular flexibility index (Phi) is 7.66. The number of esters is 2. The van der Waals surface area contributed by atoms with E-state index in [0.29, 0.717) is 33.7 Å². The van der Waals surface area contributed by atoms with Crippen LogP contribution in [0.25, 0.3) is 33.9 Å². The summed E-state index contributed by atoms with van der Waals surface area (Å²) in [4.78, 5) is 40.5. The fraction of sp³-hybridized carbons (Fsp3) is 0.125. The second kappa shape index (κ2) is 12.1. The molecule has 0 amide bonds. The number of allylic oxidation sites excluding steroid dienone is 2. The number of hydrogen-bond donors (Lipinski definition) is 1. The standard InChI is InChI=1S/C40H32N2O5/c1-4-47-39(44)27-19-21-28(22-20-27)42-32(25-13-7-5-8-14-25)23-31(37(42)26-15-9-6-10-16-26)34-33(40(45)46-3)24(2)41-36-29-17-11-12-18-30(29)38(43)35(34)36/h5-23,34,41H,4H2,1-3H3/t34-/m0/s1. The predicted octanol–water partition coefficient (Wildman–Crippen LogP) is 7.73. The lowest BCUT2D eigenvalue weighted by Gasteiger charge is -2.29. The van der Waals surface area contributed by atoms with E-state index in [1.165, 1.54) is 7.11 Å². The number of rotatable bonds is 7. The van der Waals surface area contributed by atoms with Gasteiger partial charge in [-0.3, -0.25) is 4.79 Å². The van der Waals surface area contributed by atoms with Crippen LogP contribution in [-0.2, 0) is 14.3 Å². The van der Waals surface area contributed by atoms with Crippen molar-refractivity contribution in [1.29, 1.82) is 0 Å². The number of aromatic nitrogens is 1. The van der Waals surface area contributed by atoms with Crippen molar-refractivity contribution in [3.8, 4) is 28.2 Å². The SMILES string of the molecule is CCOC(=O)c1ccc(-n2c(-c3ccccc3)cc([C@H]3C(C(=O)OC)=C(C)NC4=C3C(=O)c3ccccc34)c2-c2ccccc2)cc1. The van der Waals surface area contributed by atoms with Gasteiger partial charge >= 0.3 is 11.9 Å². The van der Waals surface area contributed by atoms with Gasteiger partial charge in [-0.2, -0.15) is 0 Å². The average molecular weight is 621 g/mol. The van der Waals surface area contributed by atoms with Gasteiger partial charge in [0, 0.05) is 28.1 Å². The molecular formula is C40H32N2O5. The summed E-state index contributed by atoms with van der Waals surface area (Å²) >= 11 is 0. The quantitative estimate of drug-likeness (QED) is 0.188. The Hall–Kier alpha value is -5.95. The third-order valence-corrected chi connectivity index (χ3v) is 8.75. The first-order valence-corrected chi connectivity index (χ1v) is 15.5. The van der Waals surface area contributed by atoms with Gasteiger partial charge in [-0.15, -0.1) is 0 Å². The number of dihydropyridines is 1. The van der Waals surface area contributed by atoms with E-state index in [1.807, 2.05) is 104 Å². The molecule has 0 bridgehead atoms. The van der Waals surface area contributed by atoms with Crippen molar-refractivity contribution >= 4 is 23.4 Å². The zero-order valence-electron chi connectivity index (χ0n) is 26.2. The summed E-state index contributed by atoms with van der Waals surface area (Å²) in [5.74, 6) is -1.78. The van der Waals surface area contributed by atoms with E-state index in [4.69, 9.17) is 9.47 Å². The molecule has 7 nitrogen and oxygen atoms in total. The van der Waals surface area contributed by atoms with Crippen LogP contribution in [0.2, 0.25) is 0 Å². The first-order valence-electron chi connectivity index (χ1n) is 15.5. The molecule has 1 N–H and O–H groups in total. The molecule has 1 atom stereocenters. The number of fused-ring (bicyclic) bond motifs is 2. The average Bonchev–Trinajstić information content (AvgIpc) is 3.64. The topological polar surface area (TPSA) is 86.6 Å². The van der Waals surface area contributed by atoms with Crippen molar-refractivity contribution in [3.63, 3.8) is 0 Å². The summed E-state index contributed by atoms with van der Waals surface area (Å²) in [7, 11) is 1.36. The van der Waals surface area contributed by atoms with Crippen LogP contribution in [0.3, 0.4) is 0 Å². The second-order valence-electron chi connectivity index (χ2n) is 11.4. The molecule has 0 saturated carbocycles. The normalized spacial score (nSPS) is 15.2. The van der Waals surface area contributed by atoms with Gasteiger partial charge < -0.3 is 19.4 Å². The predicted molar refractivity (Wildman–Crippen MR) is 181 cm³/mol. The number of nitrogens with zero attached hydrogens (tertiary/aromatic N) is 1. The lowest BCUT2D eigenvalue weighted by molar-refractivity contribution is -0.136. The van der Waals surface area contributed by atoms with E-state index in [9.17, 15) is 14.4 Å². The summed E-state index contributed by atoms with van der Waals surface area (Å²) in [5, 5.41) is 3.39. The van der Waals surface area contributed by atoms with E-state index in [-0.39, 0.29) is 12.4 Å². The van der Waals surface area contributed by atoms with Crippen molar-refractivity contribution in [2.24, 2.45) is 0 Å². The molecule has 5 aromatic rings. The van der Waals surface area contributed by atoms with Crippen molar-refractivity contribution in [1.82, 2.24) is 9.88 Å². The van der Waals surface area contributed by atoms with Crippen molar-refractivity contribution in [3.05, 3.63) is 154 Å². The van der Waals surface area contributed by atoms with Gasteiger partial charge in [-0.1, -0.05) is 84.9 Å². The largest absolute Gasteiger partial charge is 0.466 e. The first-order chi connectivity index (χ1) is 22.9. The van der Waals surface area contributed by atoms with Crippen molar-refractivity contribution in [2.75, 3.05) is 13.7 Å². The lowest BCUT2D eigenvalue weighted by Crippen LogP contribution is -2.29. The van der Waals surface area contributed by atoms with E-state index >= 15 is 0 Å². The molecule has 1 aliphatic carbocycles. The maximum absolute atomic E-state index is 14.3. The number of hydrogen-bond acceptors (Lipinski definition) is 6. The zero-order valence-corrected chi connectivity index (χ0v) is 26.2. The third-order valence-electron chi connectivity index (χ3n) is 8.75. The van der Waals surface area contributed by atoms with Gasteiger partial charge in [0.2, 0.25) is 0 Å². The molecule has 4 aromatic carbocycles. The minimum atomic E-state index is -0.740. The molecule has 7 heteroatoms. The Balaban J connectivity index is 1.56. The molecule has 7 rings (SSSR count). The Bertz CT molecular complexity index is 2110.